The quantitative estimate of drug-likeness (QED) is 0.557. The molecule has 2 rings (SSSR count). The topological polar surface area (TPSA) is 0 Å². The molecule has 2 unspecified atom stereocenters. The Morgan fingerprint density at radius 2 is 1.71 bits per heavy atom. The fraction of sp³-hybridized carbons (Fsp3) is 0.455. The number of hydrogen-bond acceptors (Lipinski definition) is 0. The zero-order chi connectivity index (χ0) is 10.3. The number of halogens is 3. The number of alkyl halides is 1. The van der Waals surface area contributed by atoms with Crippen molar-refractivity contribution in [3.8, 4) is 0 Å². The summed E-state index contributed by atoms with van der Waals surface area (Å²) >= 11 is 13.5. The minimum absolute atomic E-state index is 0.160. The molecule has 0 aliphatic heterocycles. The zero-order valence-corrected chi connectivity index (χ0v) is 11.8. The van der Waals surface area contributed by atoms with Gasteiger partial charge >= 0.3 is 0 Å². The Hall–Kier alpha value is 0.470. The van der Waals surface area contributed by atoms with Crippen molar-refractivity contribution in [3.63, 3.8) is 0 Å². The highest BCUT2D eigenvalue weighted by Gasteiger charge is 2.26. The maximum absolute atomic E-state index is 6.34. The van der Waals surface area contributed by atoms with Crippen LogP contribution in [0.25, 0.3) is 0 Å². The van der Waals surface area contributed by atoms with Crippen molar-refractivity contribution in [2.75, 3.05) is 0 Å². The molecule has 2 atom stereocenters. The van der Waals surface area contributed by atoms with E-state index in [-0.39, 0.29) is 5.38 Å². The van der Waals surface area contributed by atoms with Gasteiger partial charge in [0.25, 0.3) is 0 Å². The summed E-state index contributed by atoms with van der Waals surface area (Å²) in [5, 5.41) is 0.160. The van der Waals surface area contributed by atoms with E-state index in [0.717, 1.165) is 10.9 Å². The minimum Gasteiger partial charge on any atom is -0.118 e. The Kier molecular flexibility index (Phi) is 3.25. The Morgan fingerprint density at radius 1 is 1.14 bits per heavy atom. The van der Waals surface area contributed by atoms with E-state index in [1.165, 1.54) is 22.0 Å². The Labute approximate surface area is 106 Å². The molecule has 0 aromatic heterocycles. The summed E-state index contributed by atoms with van der Waals surface area (Å²) in [5.74, 6) is 0.604. The van der Waals surface area contributed by atoms with E-state index >= 15 is 0 Å². The molecule has 1 aromatic rings. The summed E-state index contributed by atoms with van der Waals surface area (Å²) in [7, 11) is 0. The van der Waals surface area contributed by atoms with Gasteiger partial charge in [-0.25, -0.2) is 0 Å². The van der Waals surface area contributed by atoms with E-state index in [1.807, 2.05) is 0 Å². The summed E-state index contributed by atoms with van der Waals surface area (Å²) in [5.41, 5.74) is 2.66. The average molecular weight is 338 g/mol. The van der Waals surface area contributed by atoms with Crippen LogP contribution in [0, 0.1) is 0 Å². The lowest BCUT2D eigenvalue weighted by molar-refractivity contribution is 0.574. The molecule has 0 spiro atoms. The Morgan fingerprint density at radius 3 is 2.29 bits per heavy atom. The van der Waals surface area contributed by atoms with E-state index in [2.05, 4.69) is 50.9 Å². The molecule has 3 heteroatoms. The fourth-order valence-electron chi connectivity index (χ4n) is 2.09. The third-order valence-electron chi connectivity index (χ3n) is 2.84. The fourth-order valence-corrected chi connectivity index (χ4v) is 3.94. The van der Waals surface area contributed by atoms with Gasteiger partial charge in [0.2, 0.25) is 0 Å². The van der Waals surface area contributed by atoms with Gasteiger partial charge in [0, 0.05) is 8.95 Å². The second kappa shape index (κ2) is 4.15. The van der Waals surface area contributed by atoms with Crippen molar-refractivity contribution in [2.45, 2.75) is 31.1 Å². The minimum atomic E-state index is 0.160. The van der Waals surface area contributed by atoms with Crippen LogP contribution < -0.4 is 0 Å². The van der Waals surface area contributed by atoms with E-state index in [4.69, 9.17) is 11.6 Å². The van der Waals surface area contributed by atoms with Crippen molar-refractivity contribution in [2.24, 2.45) is 0 Å². The molecule has 0 heterocycles. The Balaban J connectivity index is 2.65. The second-order valence-corrected chi connectivity index (χ2v) is 6.04. The van der Waals surface area contributed by atoms with Crippen LogP contribution in [0.1, 0.15) is 42.2 Å². The van der Waals surface area contributed by atoms with E-state index in [9.17, 15) is 0 Å². The standard InChI is InChI=1S/C11H11Br2Cl/c1-6-2-5-9(14)11-8(13)4-3-7(12)10(6)11/h3-4,6,9H,2,5H2,1H3. The van der Waals surface area contributed by atoms with Gasteiger partial charge < -0.3 is 0 Å². The van der Waals surface area contributed by atoms with Gasteiger partial charge in [0.1, 0.15) is 0 Å². The van der Waals surface area contributed by atoms with E-state index in [1.54, 1.807) is 0 Å². The highest BCUT2D eigenvalue weighted by Crippen LogP contribution is 2.46. The third-order valence-corrected chi connectivity index (χ3v) is 4.66. The first-order chi connectivity index (χ1) is 6.61. The molecule has 0 fully saturated rings. The highest BCUT2D eigenvalue weighted by molar-refractivity contribution is 9.11. The predicted octanol–water partition coefficient (Wildman–Crippen LogP) is 5.39. The molecule has 0 bridgehead atoms. The molecule has 76 valence electrons. The second-order valence-electron chi connectivity index (χ2n) is 3.80. The van der Waals surface area contributed by atoms with Crippen molar-refractivity contribution >= 4 is 43.5 Å². The Bertz CT molecular complexity index is 328. The molecule has 0 saturated carbocycles. The molecule has 0 saturated heterocycles. The molecule has 1 aliphatic carbocycles. The number of hydrogen-bond donors (Lipinski definition) is 0. The lowest BCUT2D eigenvalue weighted by atomic mass is 9.84. The van der Waals surface area contributed by atoms with Crippen LogP contribution in [-0.2, 0) is 0 Å². The lowest BCUT2D eigenvalue weighted by Gasteiger charge is -2.28. The van der Waals surface area contributed by atoms with Crippen LogP contribution in [0.4, 0.5) is 0 Å². The maximum Gasteiger partial charge on any atom is 0.0599 e. The molecule has 0 radical (unpaired) electrons. The molecule has 0 amide bonds. The molecule has 1 aliphatic rings. The van der Waals surface area contributed by atoms with Gasteiger partial charge in [0.15, 0.2) is 0 Å². The summed E-state index contributed by atoms with van der Waals surface area (Å²) in [4.78, 5) is 0. The monoisotopic (exact) mass is 336 g/mol. The normalized spacial score (nSPS) is 26.0. The van der Waals surface area contributed by atoms with Crippen LogP contribution in [-0.4, -0.2) is 0 Å². The zero-order valence-electron chi connectivity index (χ0n) is 7.86. The molecule has 14 heavy (non-hydrogen) atoms. The van der Waals surface area contributed by atoms with Crippen molar-refractivity contribution < 1.29 is 0 Å². The van der Waals surface area contributed by atoms with Gasteiger partial charge in [-0.3, -0.25) is 0 Å². The SMILES string of the molecule is CC1CCC(Cl)c2c(Br)ccc(Br)c21. The van der Waals surface area contributed by atoms with Gasteiger partial charge in [-0.1, -0.05) is 38.8 Å². The molecular formula is C11H11Br2Cl. The number of benzene rings is 1. The summed E-state index contributed by atoms with van der Waals surface area (Å²) < 4.78 is 2.33. The van der Waals surface area contributed by atoms with Crippen LogP contribution in [0.15, 0.2) is 21.1 Å². The first kappa shape index (κ1) is 11.0. The van der Waals surface area contributed by atoms with Crippen molar-refractivity contribution in [1.29, 1.82) is 0 Å². The highest BCUT2D eigenvalue weighted by atomic mass is 79.9. The van der Waals surface area contributed by atoms with Crippen LogP contribution in [0.2, 0.25) is 0 Å². The molecule has 0 nitrogen and oxygen atoms in total. The van der Waals surface area contributed by atoms with Crippen molar-refractivity contribution in [1.82, 2.24) is 0 Å². The van der Waals surface area contributed by atoms with Crippen LogP contribution >= 0.6 is 43.5 Å². The predicted molar refractivity (Wildman–Crippen MR) is 68.1 cm³/mol. The smallest absolute Gasteiger partial charge is 0.0599 e. The summed E-state index contributed by atoms with van der Waals surface area (Å²) in [6, 6.07) is 4.16. The van der Waals surface area contributed by atoms with Gasteiger partial charge in [-0.05, 0) is 42.0 Å². The van der Waals surface area contributed by atoms with Crippen LogP contribution in [0.3, 0.4) is 0 Å². The molecular weight excluding hydrogens is 327 g/mol. The summed E-state index contributed by atoms with van der Waals surface area (Å²) in [6.45, 7) is 2.26. The third kappa shape index (κ3) is 1.77. The molecule has 1 aromatic carbocycles. The van der Waals surface area contributed by atoms with Gasteiger partial charge in [0.05, 0.1) is 5.38 Å². The van der Waals surface area contributed by atoms with Gasteiger partial charge in [-0.15, -0.1) is 11.6 Å². The van der Waals surface area contributed by atoms with E-state index < -0.39 is 0 Å². The average Bonchev–Trinajstić information content (AvgIpc) is 2.16. The van der Waals surface area contributed by atoms with Crippen molar-refractivity contribution in [3.05, 3.63) is 32.2 Å². The number of fused-ring (bicyclic) bond motifs is 1. The first-order valence-electron chi connectivity index (χ1n) is 4.73. The van der Waals surface area contributed by atoms with E-state index in [0.29, 0.717) is 5.92 Å². The number of rotatable bonds is 0. The summed E-state index contributed by atoms with van der Waals surface area (Å²) in [6.07, 6.45) is 2.25. The van der Waals surface area contributed by atoms with Gasteiger partial charge in [-0.2, -0.15) is 0 Å². The largest absolute Gasteiger partial charge is 0.118 e. The molecule has 0 N–H and O–H groups in total. The van der Waals surface area contributed by atoms with Crippen LogP contribution in [0.5, 0.6) is 0 Å². The maximum atomic E-state index is 6.34. The lowest BCUT2D eigenvalue weighted by Crippen LogP contribution is -2.10. The first-order valence-corrected chi connectivity index (χ1v) is 6.75.